The minimum atomic E-state index is -0.816. The molecule has 64 heavy (non-hydrogen) atoms. The molecule has 0 radical (unpaired) electrons. The van der Waals surface area contributed by atoms with Crippen LogP contribution < -0.4 is 16.0 Å². The van der Waals surface area contributed by atoms with Crippen LogP contribution in [0.25, 0.3) is 10.4 Å². The summed E-state index contributed by atoms with van der Waals surface area (Å²) < 4.78 is 18.7. The number of likely N-dealkylation sites (tertiary alicyclic amines) is 2. The molecule has 17 heteroatoms. The van der Waals surface area contributed by atoms with Gasteiger partial charge in [-0.1, -0.05) is 75.4 Å². The van der Waals surface area contributed by atoms with Crippen molar-refractivity contribution in [3.8, 4) is 10.4 Å². The van der Waals surface area contributed by atoms with E-state index in [9.17, 15) is 24.0 Å². The number of nitrogens with one attached hydrogen (secondary N) is 3. The number of benzene rings is 2. The van der Waals surface area contributed by atoms with Gasteiger partial charge in [0.2, 0.25) is 29.5 Å². The maximum absolute atomic E-state index is 13.9. The fourth-order valence-corrected chi connectivity index (χ4v) is 8.81. The zero-order chi connectivity index (χ0) is 45.6. The van der Waals surface area contributed by atoms with E-state index in [0.29, 0.717) is 64.5 Å². The lowest BCUT2D eigenvalue weighted by Crippen LogP contribution is -2.57. The number of hydrogen-bond donors (Lipinski definition) is 3. The van der Waals surface area contributed by atoms with Crippen molar-refractivity contribution in [1.29, 1.82) is 0 Å². The molecular formula is C47H62N8O8S. The molecule has 4 heterocycles. The average Bonchev–Trinajstić information content (AvgIpc) is 4.04. The Kier molecular flexibility index (Phi) is 17.2. The first-order valence-corrected chi connectivity index (χ1v) is 22.9. The molecule has 0 unspecified atom stereocenters. The number of aromatic nitrogens is 3. The van der Waals surface area contributed by atoms with Crippen LogP contribution in [0.5, 0.6) is 0 Å². The monoisotopic (exact) mass is 898 g/mol. The van der Waals surface area contributed by atoms with Crippen LogP contribution >= 0.6 is 11.3 Å². The van der Waals surface area contributed by atoms with E-state index in [1.54, 1.807) is 22.4 Å². The lowest BCUT2D eigenvalue weighted by molar-refractivity contribution is -0.144. The van der Waals surface area contributed by atoms with Crippen molar-refractivity contribution in [3.05, 3.63) is 89.3 Å². The number of thiazole rings is 1. The Morgan fingerprint density at radius 1 is 0.891 bits per heavy atom. The molecule has 16 nitrogen and oxygen atoms in total. The first-order chi connectivity index (χ1) is 30.8. The Morgan fingerprint density at radius 2 is 1.56 bits per heavy atom. The van der Waals surface area contributed by atoms with Gasteiger partial charge in [-0.15, -0.1) is 11.3 Å². The molecule has 2 aromatic carbocycles. The largest absolute Gasteiger partial charge is 0.379 e. The molecule has 0 aliphatic carbocycles. The van der Waals surface area contributed by atoms with Gasteiger partial charge in [0.15, 0.2) is 0 Å². The normalized spacial score (nSPS) is 16.2. The van der Waals surface area contributed by atoms with E-state index in [-0.39, 0.29) is 74.2 Å². The smallest absolute Gasteiger partial charge is 0.246 e. The first-order valence-electron chi connectivity index (χ1n) is 22.0. The van der Waals surface area contributed by atoms with Gasteiger partial charge in [0.05, 0.1) is 80.1 Å². The molecule has 4 aromatic rings. The molecule has 0 saturated carbocycles. The van der Waals surface area contributed by atoms with E-state index in [0.717, 1.165) is 27.3 Å². The molecule has 3 atom stereocenters. The number of anilines is 1. The molecule has 3 N–H and O–H groups in total. The summed E-state index contributed by atoms with van der Waals surface area (Å²) in [5.74, 6) is -0.751. The highest BCUT2D eigenvalue weighted by Crippen LogP contribution is 2.34. The van der Waals surface area contributed by atoms with E-state index >= 15 is 0 Å². The van der Waals surface area contributed by atoms with Crippen LogP contribution in [0.2, 0.25) is 0 Å². The molecule has 0 spiro atoms. The molecule has 2 aromatic heterocycles. The number of ether oxygens (including phenoxy) is 3. The molecule has 6 rings (SSSR count). The Bertz CT molecular complexity index is 2170. The van der Waals surface area contributed by atoms with Crippen LogP contribution in [0, 0.1) is 18.3 Å². The van der Waals surface area contributed by atoms with Crippen molar-refractivity contribution < 1.29 is 38.2 Å². The van der Waals surface area contributed by atoms with Crippen molar-refractivity contribution in [2.75, 3.05) is 64.6 Å². The molecule has 2 aliphatic rings. The predicted molar refractivity (Wildman–Crippen MR) is 243 cm³/mol. The molecule has 2 saturated heterocycles. The van der Waals surface area contributed by atoms with E-state index in [2.05, 4.69) is 26.0 Å². The van der Waals surface area contributed by atoms with Gasteiger partial charge >= 0.3 is 0 Å². The second-order valence-corrected chi connectivity index (χ2v) is 18.2. The van der Waals surface area contributed by atoms with E-state index < -0.39 is 17.5 Å². The Balaban J connectivity index is 0.821. The lowest BCUT2D eigenvalue weighted by Gasteiger charge is -2.43. The number of aryl methyl sites for hydroxylation is 1. The fourth-order valence-electron chi connectivity index (χ4n) is 8.00. The highest BCUT2D eigenvalue weighted by molar-refractivity contribution is 7.13. The second-order valence-electron chi connectivity index (χ2n) is 17.4. The van der Waals surface area contributed by atoms with Crippen molar-refractivity contribution in [2.24, 2.45) is 11.3 Å². The van der Waals surface area contributed by atoms with Crippen molar-refractivity contribution >= 4 is 46.6 Å². The fraction of sp³-hybridized carbons (Fsp3) is 0.511. The zero-order valence-corrected chi connectivity index (χ0v) is 38.4. The average molecular weight is 899 g/mol. The molecule has 2 fully saturated rings. The Morgan fingerprint density at radius 3 is 2.20 bits per heavy atom. The van der Waals surface area contributed by atoms with Crippen molar-refractivity contribution in [2.45, 2.75) is 85.0 Å². The van der Waals surface area contributed by atoms with Gasteiger partial charge in [0, 0.05) is 51.6 Å². The number of rotatable bonds is 22. The molecule has 0 bridgehead atoms. The Labute approximate surface area is 379 Å². The number of carbonyl (C=O) groups excluding carboxylic acids is 5. The minimum Gasteiger partial charge on any atom is -0.379 e. The van der Waals surface area contributed by atoms with Crippen LogP contribution in [0.3, 0.4) is 0 Å². The van der Waals surface area contributed by atoms with Crippen LogP contribution in [0.15, 0.2) is 72.5 Å². The SMILES string of the molecule is CC(=O)Nc1cnn([C@H](c2ccccc2)C2CN(C(=O)CCOCCOCCOCCC(=O)N[C@H](C(=O)N3CCC[C@H]3C(=O)NCc3ccc(-c4scnc4C)cc3)C(C)(C)C)C2)c1. The maximum atomic E-state index is 13.9. The third-order valence-electron chi connectivity index (χ3n) is 11.4. The zero-order valence-electron chi connectivity index (χ0n) is 37.5. The highest BCUT2D eigenvalue weighted by atomic mass is 32.1. The summed E-state index contributed by atoms with van der Waals surface area (Å²) in [5.41, 5.74) is 5.98. The topological polar surface area (TPSA) is 186 Å². The lowest BCUT2D eigenvalue weighted by atomic mass is 9.85. The third kappa shape index (κ3) is 13.3. The first kappa shape index (κ1) is 48.0. The minimum absolute atomic E-state index is 0.0266. The van der Waals surface area contributed by atoms with Gasteiger partial charge in [-0.2, -0.15) is 5.10 Å². The van der Waals surface area contributed by atoms with Gasteiger partial charge in [0.1, 0.15) is 12.1 Å². The van der Waals surface area contributed by atoms with Crippen LogP contribution in [0.4, 0.5) is 5.69 Å². The molecular weight excluding hydrogens is 837 g/mol. The predicted octanol–water partition coefficient (Wildman–Crippen LogP) is 4.99. The summed E-state index contributed by atoms with van der Waals surface area (Å²) in [5, 5.41) is 13.2. The number of amides is 5. The molecule has 2 aliphatic heterocycles. The van der Waals surface area contributed by atoms with E-state index in [1.807, 2.05) is 104 Å². The summed E-state index contributed by atoms with van der Waals surface area (Å²) in [4.78, 5) is 73.6. The Hall–Kier alpha value is -5.49. The number of hydrogen-bond acceptors (Lipinski definition) is 11. The van der Waals surface area contributed by atoms with Gasteiger partial charge in [-0.3, -0.25) is 28.7 Å². The molecule has 344 valence electrons. The van der Waals surface area contributed by atoms with Gasteiger partial charge in [-0.25, -0.2) is 4.98 Å². The third-order valence-corrected chi connectivity index (χ3v) is 12.4. The summed E-state index contributed by atoms with van der Waals surface area (Å²) in [6.45, 7) is 12.8. The maximum Gasteiger partial charge on any atom is 0.246 e. The van der Waals surface area contributed by atoms with Crippen LogP contribution in [-0.4, -0.2) is 125 Å². The molecule has 5 amide bonds. The van der Waals surface area contributed by atoms with Crippen LogP contribution in [0.1, 0.15) is 76.2 Å². The van der Waals surface area contributed by atoms with Gasteiger partial charge in [-0.05, 0) is 41.9 Å². The van der Waals surface area contributed by atoms with E-state index in [1.165, 1.54) is 6.92 Å². The van der Waals surface area contributed by atoms with Crippen molar-refractivity contribution in [3.63, 3.8) is 0 Å². The van der Waals surface area contributed by atoms with E-state index in [4.69, 9.17) is 14.2 Å². The summed E-state index contributed by atoms with van der Waals surface area (Å²) in [6.07, 6.45) is 5.05. The van der Waals surface area contributed by atoms with Crippen molar-refractivity contribution in [1.82, 2.24) is 35.2 Å². The number of nitrogens with zero attached hydrogens (tertiary/aromatic N) is 5. The van der Waals surface area contributed by atoms with Crippen LogP contribution in [-0.2, 0) is 44.7 Å². The number of carbonyl (C=O) groups is 5. The van der Waals surface area contributed by atoms with Gasteiger partial charge < -0.3 is 40.0 Å². The summed E-state index contributed by atoms with van der Waals surface area (Å²) >= 11 is 1.59. The van der Waals surface area contributed by atoms with Gasteiger partial charge in [0.25, 0.3) is 0 Å². The quantitative estimate of drug-likeness (QED) is 0.0909. The standard InChI is InChI=1S/C47H62N8O8S/c1-32-43(64-31-49-32)36-15-13-34(14-16-36)26-48-45(59)39-12-9-19-54(39)46(60)44(47(3,4)5)52-40(57)17-20-61-22-24-63-25-23-62-21-18-41(58)53-28-37(29-53)42(35-10-7-6-8-11-35)55-30-38(27-50-55)51-33(2)56/h6-8,10-11,13-16,27,30-31,37,39,42,44H,9,12,17-26,28-29H2,1-5H3,(H,48,59)(H,51,56)(H,52,57)/t39-,42+,44+/m0/s1. The second kappa shape index (κ2) is 22.9. The summed E-state index contributed by atoms with van der Waals surface area (Å²) in [7, 11) is 0. The highest BCUT2D eigenvalue weighted by Gasteiger charge is 2.42. The summed E-state index contributed by atoms with van der Waals surface area (Å²) in [6, 6.07) is 16.6.